The number of hydrogen-bond donors (Lipinski definition) is 2. The summed E-state index contributed by atoms with van der Waals surface area (Å²) < 4.78 is 5.32. The average Bonchev–Trinajstić information content (AvgIpc) is 3.06. The molecule has 1 fully saturated rings. The highest BCUT2D eigenvalue weighted by Gasteiger charge is 2.23. The Morgan fingerprint density at radius 1 is 1.14 bits per heavy atom. The van der Waals surface area contributed by atoms with Crippen LogP contribution in [0.15, 0.2) is 36.4 Å². The van der Waals surface area contributed by atoms with Crippen LogP contribution in [0.25, 0.3) is 0 Å². The first-order valence-electron chi connectivity index (χ1n) is 6.99. The van der Waals surface area contributed by atoms with Crippen LogP contribution in [0.3, 0.4) is 0 Å². The monoisotopic (exact) mass is 318 g/mol. The van der Waals surface area contributed by atoms with Crippen molar-refractivity contribution >= 4 is 34.8 Å². The van der Waals surface area contributed by atoms with Crippen molar-refractivity contribution < 1.29 is 9.53 Å². The normalized spacial score (nSPS) is 17.2. The summed E-state index contributed by atoms with van der Waals surface area (Å²) in [5, 5.41) is 14.5. The number of halogens is 1. The molecule has 1 aromatic heterocycles. The predicted octanol–water partition coefficient (Wildman–Crippen LogP) is 2.99. The maximum atomic E-state index is 11.9. The quantitative estimate of drug-likeness (QED) is 0.906. The molecule has 114 valence electrons. The van der Waals surface area contributed by atoms with Crippen molar-refractivity contribution in [2.75, 3.05) is 17.2 Å². The molecule has 0 aliphatic carbocycles. The van der Waals surface area contributed by atoms with E-state index in [0.717, 1.165) is 18.5 Å². The van der Waals surface area contributed by atoms with Crippen LogP contribution in [0.4, 0.5) is 17.3 Å². The molecule has 1 saturated heterocycles. The van der Waals surface area contributed by atoms with Crippen LogP contribution in [0.1, 0.15) is 12.8 Å². The Balaban J connectivity index is 1.60. The number of carbonyl (C=O) groups is 1. The predicted molar refractivity (Wildman–Crippen MR) is 84.4 cm³/mol. The number of nitrogens with one attached hydrogen (secondary N) is 2. The lowest BCUT2D eigenvalue weighted by atomic mass is 10.2. The standard InChI is InChI=1S/C15H15ClN4O2/c16-10-3-5-11(6-4-10)17-13-7-8-14(20-19-13)18-15(21)12-2-1-9-22-12/h3-8,12H,1-2,9H2,(H,17,19)(H,18,20,21). The lowest BCUT2D eigenvalue weighted by Crippen LogP contribution is -2.27. The molecule has 0 spiro atoms. The van der Waals surface area contributed by atoms with Gasteiger partial charge in [0.25, 0.3) is 5.91 Å². The summed E-state index contributed by atoms with van der Waals surface area (Å²) in [6.45, 7) is 0.633. The third-order valence-corrected chi connectivity index (χ3v) is 3.51. The van der Waals surface area contributed by atoms with E-state index in [1.54, 1.807) is 24.3 Å². The van der Waals surface area contributed by atoms with E-state index in [0.29, 0.717) is 23.3 Å². The Kier molecular flexibility index (Phi) is 4.50. The molecule has 0 saturated carbocycles. The summed E-state index contributed by atoms with van der Waals surface area (Å²) in [6.07, 6.45) is 1.28. The third-order valence-electron chi connectivity index (χ3n) is 3.25. The summed E-state index contributed by atoms with van der Waals surface area (Å²) in [6, 6.07) is 10.7. The second kappa shape index (κ2) is 6.72. The zero-order chi connectivity index (χ0) is 15.4. The van der Waals surface area contributed by atoms with Gasteiger partial charge in [-0.1, -0.05) is 11.6 Å². The average molecular weight is 319 g/mol. The van der Waals surface area contributed by atoms with Crippen molar-refractivity contribution in [1.29, 1.82) is 0 Å². The number of benzene rings is 1. The molecule has 7 heteroatoms. The van der Waals surface area contributed by atoms with Gasteiger partial charge in [0.1, 0.15) is 6.10 Å². The smallest absolute Gasteiger partial charge is 0.254 e. The van der Waals surface area contributed by atoms with Crippen LogP contribution >= 0.6 is 11.6 Å². The lowest BCUT2D eigenvalue weighted by molar-refractivity contribution is -0.124. The zero-order valence-corrected chi connectivity index (χ0v) is 12.5. The van der Waals surface area contributed by atoms with E-state index >= 15 is 0 Å². The van der Waals surface area contributed by atoms with E-state index in [4.69, 9.17) is 16.3 Å². The summed E-state index contributed by atoms with van der Waals surface area (Å²) >= 11 is 5.83. The lowest BCUT2D eigenvalue weighted by Gasteiger charge is -2.10. The van der Waals surface area contributed by atoms with E-state index < -0.39 is 0 Å². The molecule has 0 bridgehead atoms. The molecule has 1 aromatic carbocycles. The minimum Gasteiger partial charge on any atom is -0.368 e. The van der Waals surface area contributed by atoms with Gasteiger partial charge in [0.15, 0.2) is 11.6 Å². The molecule has 22 heavy (non-hydrogen) atoms. The number of ether oxygens (including phenoxy) is 1. The minimum atomic E-state index is -0.381. The summed E-state index contributed by atoms with van der Waals surface area (Å²) in [4.78, 5) is 11.9. The summed E-state index contributed by atoms with van der Waals surface area (Å²) in [5.74, 6) is 0.810. The molecule has 2 N–H and O–H groups in total. The zero-order valence-electron chi connectivity index (χ0n) is 11.8. The fourth-order valence-electron chi connectivity index (χ4n) is 2.14. The summed E-state index contributed by atoms with van der Waals surface area (Å²) in [7, 11) is 0. The third kappa shape index (κ3) is 3.72. The maximum absolute atomic E-state index is 11.9. The molecule has 2 aromatic rings. The molecule has 1 aliphatic rings. The SMILES string of the molecule is O=C(Nc1ccc(Nc2ccc(Cl)cc2)nn1)C1CCCO1. The van der Waals surface area contributed by atoms with Crippen molar-refractivity contribution in [3.8, 4) is 0 Å². The number of anilines is 3. The fourth-order valence-corrected chi connectivity index (χ4v) is 2.26. The topological polar surface area (TPSA) is 76.1 Å². The van der Waals surface area contributed by atoms with Crippen LogP contribution in [0.5, 0.6) is 0 Å². The first-order valence-corrected chi connectivity index (χ1v) is 7.37. The van der Waals surface area contributed by atoms with Crippen LogP contribution in [0.2, 0.25) is 5.02 Å². The van der Waals surface area contributed by atoms with Crippen molar-refractivity contribution in [1.82, 2.24) is 10.2 Å². The molecule has 1 amide bonds. The van der Waals surface area contributed by atoms with Crippen LogP contribution in [-0.2, 0) is 9.53 Å². The van der Waals surface area contributed by atoms with Crippen molar-refractivity contribution in [3.63, 3.8) is 0 Å². The number of hydrogen-bond acceptors (Lipinski definition) is 5. The molecular weight excluding hydrogens is 304 g/mol. The minimum absolute atomic E-state index is 0.176. The van der Waals surface area contributed by atoms with Crippen LogP contribution < -0.4 is 10.6 Å². The van der Waals surface area contributed by atoms with Crippen molar-refractivity contribution in [3.05, 3.63) is 41.4 Å². The van der Waals surface area contributed by atoms with E-state index in [2.05, 4.69) is 20.8 Å². The molecule has 3 rings (SSSR count). The van der Waals surface area contributed by atoms with Crippen molar-refractivity contribution in [2.24, 2.45) is 0 Å². The Labute approximate surface area is 132 Å². The highest BCUT2D eigenvalue weighted by Crippen LogP contribution is 2.18. The Hall–Kier alpha value is -2.18. The number of aromatic nitrogens is 2. The van der Waals surface area contributed by atoms with Gasteiger partial charge in [-0.15, -0.1) is 10.2 Å². The maximum Gasteiger partial charge on any atom is 0.254 e. The number of nitrogens with zero attached hydrogens (tertiary/aromatic N) is 2. The largest absolute Gasteiger partial charge is 0.368 e. The van der Waals surface area contributed by atoms with Gasteiger partial charge in [-0.3, -0.25) is 4.79 Å². The Morgan fingerprint density at radius 2 is 1.86 bits per heavy atom. The van der Waals surface area contributed by atoms with Gasteiger partial charge in [-0.25, -0.2) is 0 Å². The van der Waals surface area contributed by atoms with E-state index in [-0.39, 0.29) is 12.0 Å². The second-order valence-electron chi connectivity index (χ2n) is 4.93. The molecule has 0 radical (unpaired) electrons. The number of rotatable bonds is 4. The molecule has 6 nitrogen and oxygen atoms in total. The van der Waals surface area contributed by atoms with Gasteiger partial charge in [0.2, 0.25) is 0 Å². The van der Waals surface area contributed by atoms with E-state index in [1.165, 1.54) is 0 Å². The fraction of sp³-hybridized carbons (Fsp3) is 0.267. The van der Waals surface area contributed by atoms with Gasteiger partial charge in [-0.2, -0.15) is 0 Å². The van der Waals surface area contributed by atoms with Gasteiger partial charge >= 0.3 is 0 Å². The molecule has 2 heterocycles. The van der Waals surface area contributed by atoms with Crippen molar-refractivity contribution in [2.45, 2.75) is 18.9 Å². The molecule has 1 aliphatic heterocycles. The number of amides is 1. The molecular formula is C15H15ClN4O2. The first-order chi connectivity index (χ1) is 10.7. The highest BCUT2D eigenvalue weighted by molar-refractivity contribution is 6.30. The van der Waals surface area contributed by atoms with Gasteiger partial charge in [0.05, 0.1) is 0 Å². The van der Waals surface area contributed by atoms with Crippen LogP contribution in [0, 0.1) is 0 Å². The Bertz CT molecular complexity index is 640. The van der Waals surface area contributed by atoms with Gasteiger partial charge < -0.3 is 15.4 Å². The van der Waals surface area contributed by atoms with E-state index in [1.807, 2.05) is 12.1 Å². The highest BCUT2D eigenvalue weighted by atomic mass is 35.5. The van der Waals surface area contributed by atoms with E-state index in [9.17, 15) is 4.79 Å². The summed E-state index contributed by atoms with van der Waals surface area (Å²) in [5.41, 5.74) is 0.856. The molecule has 1 unspecified atom stereocenters. The second-order valence-corrected chi connectivity index (χ2v) is 5.36. The number of carbonyl (C=O) groups excluding carboxylic acids is 1. The molecule has 1 atom stereocenters. The Morgan fingerprint density at radius 3 is 2.50 bits per heavy atom. The first kappa shape index (κ1) is 14.7. The van der Waals surface area contributed by atoms with Gasteiger partial charge in [-0.05, 0) is 49.2 Å². The van der Waals surface area contributed by atoms with Crippen LogP contribution in [-0.4, -0.2) is 28.8 Å². The van der Waals surface area contributed by atoms with Gasteiger partial charge in [0, 0.05) is 17.3 Å².